The highest BCUT2D eigenvalue weighted by molar-refractivity contribution is 5.80. The van der Waals surface area contributed by atoms with Gasteiger partial charge in [-0.3, -0.25) is 9.59 Å². The van der Waals surface area contributed by atoms with E-state index in [0.717, 1.165) is 22.2 Å². The number of pyridine rings is 1. The normalized spacial score (nSPS) is 10.6. The van der Waals surface area contributed by atoms with Crippen LogP contribution in [-0.2, 0) is 17.8 Å². The number of hydrogen-bond donors (Lipinski definition) is 1. The van der Waals surface area contributed by atoms with E-state index in [1.54, 1.807) is 19.1 Å². The molecule has 3 aromatic rings. The minimum atomic E-state index is -0.164. The predicted molar refractivity (Wildman–Crippen MR) is 97.7 cm³/mol. The van der Waals surface area contributed by atoms with E-state index >= 15 is 0 Å². The van der Waals surface area contributed by atoms with Crippen LogP contribution in [0.1, 0.15) is 11.1 Å². The average molecular weight is 336 g/mol. The van der Waals surface area contributed by atoms with Gasteiger partial charge in [0, 0.05) is 18.1 Å². The average Bonchev–Trinajstić information content (AvgIpc) is 2.63. The molecule has 0 saturated carbocycles. The second kappa shape index (κ2) is 7.21. The lowest BCUT2D eigenvalue weighted by atomic mass is 10.1. The molecule has 0 saturated heterocycles. The minimum absolute atomic E-state index is 0.0438. The number of carbonyl (C=O) groups is 1. The molecule has 1 aromatic heterocycles. The highest BCUT2D eigenvalue weighted by Crippen LogP contribution is 2.14. The van der Waals surface area contributed by atoms with Crippen molar-refractivity contribution in [2.24, 2.45) is 0 Å². The van der Waals surface area contributed by atoms with Crippen LogP contribution >= 0.6 is 0 Å². The zero-order chi connectivity index (χ0) is 17.8. The summed E-state index contributed by atoms with van der Waals surface area (Å²) in [5.41, 5.74) is 2.11. The first-order chi connectivity index (χ1) is 12.1. The second-order valence-electron chi connectivity index (χ2n) is 5.99. The van der Waals surface area contributed by atoms with Crippen molar-refractivity contribution in [1.29, 1.82) is 0 Å². The van der Waals surface area contributed by atoms with E-state index in [4.69, 9.17) is 4.74 Å². The summed E-state index contributed by atoms with van der Waals surface area (Å²) >= 11 is 0. The third-order valence-electron chi connectivity index (χ3n) is 4.18. The number of H-pyrrole nitrogens is 1. The van der Waals surface area contributed by atoms with Crippen molar-refractivity contribution in [3.63, 3.8) is 0 Å². The number of aromatic amines is 1. The molecule has 5 nitrogen and oxygen atoms in total. The van der Waals surface area contributed by atoms with Gasteiger partial charge in [-0.1, -0.05) is 30.3 Å². The number of ether oxygens (including phenoxy) is 1. The van der Waals surface area contributed by atoms with Crippen LogP contribution in [-0.4, -0.2) is 29.9 Å². The third-order valence-corrected chi connectivity index (χ3v) is 4.18. The molecule has 0 radical (unpaired) electrons. The molecule has 25 heavy (non-hydrogen) atoms. The summed E-state index contributed by atoms with van der Waals surface area (Å²) in [5, 5.41) is 0.952. The van der Waals surface area contributed by atoms with Crippen molar-refractivity contribution in [1.82, 2.24) is 9.88 Å². The number of likely N-dealkylation sites (N-methyl/N-ethyl adjacent to an activating group) is 1. The number of carbonyl (C=O) groups excluding carboxylic acids is 1. The van der Waals surface area contributed by atoms with E-state index < -0.39 is 0 Å². The van der Waals surface area contributed by atoms with Gasteiger partial charge < -0.3 is 14.6 Å². The third kappa shape index (κ3) is 3.88. The molecule has 1 amide bonds. The highest BCUT2D eigenvalue weighted by atomic mass is 16.5. The van der Waals surface area contributed by atoms with Crippen LogP contribution < -0.4 is 10.3 Å². The molecule has 2 aromatic carbocycles. The van der Waals surface area contributed by atoms with Gasteiger partial charge in [-0.2, -0.15) is 0 Å². The number of aromatic nitrogens is 1. The van der Waals surface area contributed by atoms with Crippen molar-refractivity contribution in [2.45, 2.75) is 13.0 Å². The molecule has 0 aliphatic carbocycles. The first-order valence-electron chi connectivity index (χ1n) is 8.04. The molecule has 3 rings (SSSR count). The molecule has 128 valence electrons. The van der Waals surface area contributed by atoms with Gasteiger partial charge in [0.15, 0.2) is 0 Å². The Bertz CT molecular complexity index is 945. The number of fused-ring (bicyclic) bond motifs is 1. The fraction of sp³-hybridized carbons (Fsp3) is 0.200. The fourth-order valence-corrected chi connectivity index (χ4v) is 2.71. The van der Waals surface area contributed by atoms with E-state index in [2.05, 4.69) is 4.98 Å². The monoisotopic (exact) mass is 336 g/mol. The topological polar surface area (TPSA) is 62.4 Å². The number of rotatable bonds is 5. The Balaban J connectivity index is 1.72. The van der Waals surface area contributed by atoms with Crippen molar-refractivity contribution in [2.75, 3.05) is 14.2 Å². The molecule has 0 unspecified atom stereocenters. The van der Waals surface area contributed by atoms with E-state index in [9.17, 15) is 9.59 Å². The number of para-hydroxylation sites is 1. The molecule has 5 heteroatoms. The maximum absolute atomic E-state index is 12.4. The van der Waals surface area contributed by atoms with E-state index in [-0.39, 0.29) is 24.4 Å². The van der Waals surface area contributed by atoms with Gasteiger partial charge in [-0.15, -0.1) is 0 Å². The molecule has 0 aliphatic heterocycles. The molecular weight excluding hydrogens is 316 g/mol. The summed E-state index contributed by atoms with van der Waals surface area (Å²) in [6, 6.07) is 16.8. The van der Waals surface area contributed by atoms with Gasteiger partial charge >= 0.3 is 0 Å². The summed E-state index contributed by atoms with van der Waals surface area (Å²) in [6.45, 7) is 0.273. The van der Waals surface area contributed by atoms with Crippen LogP contribution in [0.5, 0.6) is 5.75 Å². The SMILES string of the molecule is COc1ccc(CC(=O)N(C)Cc2cc3ccccc3[nH]c2=O)cc1. The molecule has 0 bridgehead atoms. The van der Waals surface area contributed by atoms with Gasteiger partial charge in [-0.05, 0) is 35.2 Å². The lowest BCUT2D eigenvalue weighted by Gasteiger charge is -2.17. The fourth-order valence-electron chi connectivity index (χ4n) is 2.71. The summed E-state index contributed by atoms with van der Waals surface area (Å²) < 4.78 is 5.12. The van der Waals surface area contributed by atoms with Crippen molar-refractivity contribution in [3.05, 3.63) is 76.1 Å². The first-order valence-corrected chi connectivity index (χ1v) is 8.04. The zero-order valence-electron chi connectivity index (χ0n) is 14.3. The zero-order valence-corrected chi connectivity index (χ0v) is 14.3. The predicted octanol–water partition coefficient (Wildman–Crippen LogP) is 2.74. The smallest absolute Gasteiger partial charge is 0.253 e. The Kier molecular flexibility index (Phi) is 4.84. The molecule has 0 aliphatic rings. The van der Waals surface area contributed by atoms with E-state index in [1.807, 2.05) is 54.6 Å². The van der Waals surface area contributed by atoms with Crippen LogP contribution in [0.3, 0.4) is 0 Å². The van der Waals surface area contributed by atoms with Gasteiger partial charge in [0.2, 0.25) is 5.91 Å². The Morgan fingerprint density at radius 1 is 1.12 bits per heavy atom. The Labute approximate surface area is 145 Å². The maximum Gasteiger partial charge on any atom is 0.253 e. The van der Waals surface area contributed by atoms with Crippen LogP contribution in [0.25, 0.3) is 10.9 Å². The summed E-state index contributed by atoms with van der Waals surface area (Å²) in [4.78, 5) is 29.1. The highest BCUT2D eigenvalue weighted by Gasteiger charge is 2.13. The standard InChI is InChI=1S/C20H20N2O3/c1-22(19(23)11-14-7-9-17(25-2)10-8-14)13-16-12-15-5-3-4-6-18(15)21-20(16)24/h3-10,12H,11,13H2,1-2H3,(H,21,24). The number of amides is 1. The van der Waals surface area contributed by atoms with Gasteiger partial charge in [0.05, 0.1) is 20.1 Å². The summed E-state index contributed by atoms with van der Waals surface area (Å²) in [5.74, 6) is 0.713. The lowest BCUT2D eigenvalue weighted by Crippen LogP contribution is -2.30. The lowest BCUT2D eigenvalue weighted by molar-refractivity contribution is -0.129. The first kappa shape index (κ1) is 16.8. The maximum atomic E-state index is 12.4. The van der Waals surface area contributed by atoms with Gasteiger partial charge in [-0.25, -0.2) is 0 Å². The van der Waals surface area contributed by atoms with Crippen LogP contribution in [0.2, 0.25) is 0 Å². The molecule has 0 fully saturated rings. The van der Waals surface area contributed by atoms with Crippen LogP contribution in [0, 0.1) is 0 Å². The van der Waals surface area contributed by atoms with Crippen LogP contribution in [0.4, 0.5) is 0 Å². The number of nitrogens with zero attached hydrogens (tertiary/aromatic N) is 1. The minimum Gasteiger partial charge on any atom is -0.497 e. The number of nitrogens with one attached hydrogen (secondary N) is 1. The Hall–Kier alpha value is -3.08. The number of benzene rings is 2. The summed E-state index contributed by atoms with van der Waals surface area (Å²) in [6.07, 6.45) is 0.284. The number of methoxy groups -OCH3 is 1. The molecule has 0 atom stereocenters. The quantitative estimate of drug-likeness (QED) is 0.779. The Morgan fingerprint density at radius 3 is 2.56 bits per heavy atom. The van der Waals surface area contributed by atoms with Crippen molar-refractivity contribution < 1.29 is 9.53 Å². The van der Waals surface area contributed by atoms with Gasteiger partial charge in [0.25, 0.3) is 5.56 Å². The van der Waals surface area contributed by atoms with E-state index in [1.165, 1.54) is 0 Å². The molecule has 0 spiro atoms. The second-order valence-corrected chi connectivity index (χ2v) is 5.99. The molecular formula is C20H20N2O3. The summed E-state index contributed by atoms with van der Waals surface area (Å²) in [7, 11) is 3.31. The van der Waals surface area contributed by atoms with Crippen molar-refractivity contribution >= 4 is 16.8 Å². The van der Waals surface area contributed by atoms with Gasteiger partial charge in [0.1, 0.15) is 5.75 Å². The van der Waals surface area contributed by atoms with Crippen molar-refractivity contribution in [3.8, 4) is 5.75 Å². The van der Waals surface area contributed by atoms with E-state index in [0.29, 0.717) is 5.56 Å². The Morgan fingerprint density at radius 2 is 1.84 bits per heavy atom. The molecule has 1 heterocycles. The molecule has 1 N–H and O–H groups in total. The largest absolute Gasteiger partial charge is 0.497 e. The number of hydrogen-bond acceptors (Lipinski definition) is 3. The van der Waals surface area contributed by atoms with Crippen LogP contribution in [0.15, 0.2) is 59.4 Å².